The fourth-order valence-corrected chi connectivity index (χ4v) is 13.2. The van der Waals surface area contributed by atoms with E-state index in [1.54, 1.807) is 62.4 Å². The Balaban J connectivity index is 0.000000323. The fourth-order valence-electron chi connectivity index (χ4n) is 13.2. The van der Waals surface area contributed by atoms with Crippen molar-refractivity contribution in [2.75, 3.05) is 52.9 Å². The summed E-state index contributed by atoms with van der Waals surface area (Å²) in [7, 11) is 0. The van der Waals surface area contributed by atoms with Crippen LogP contribution in [0.5, 0.6) is 0 Å². The van der Waals surface area contributed by atoms with Gasteiger partial charge in [-0.05, 0) is 159 Å². The van der Waals surface area contributed by atoms with Crippen molar-refractivity contribution in [2.24, 2.45) is 35.5 Å². The molecule has 20 nitrogen and oxygen atoms in total. The molecule has 544 valence electrons. The van der Waals surface area contributed by atoms with Gasteiger partial charge in [0.1, 0.15) is 54.7 Å². The van der Waals surface area contributed by atoms with Crippen molar-refractivity contribution in [3.63, 3.8) is 0 Å². The van der Waals surface area contributed by atoms with E-state index in [1.807, 2.05) is 6.07 Å². The Morgan fingerprint density at radius 3 is 0.933 bits per heavy atom. The van der Waals surface area contributed by atoms with Crippen LogP contribution in [0.15, 0.2) is 146 Å². The van der Waals surface area contributed by atoms with Crippen LogP contribution in [0.4, 0.5) is 26.3 Å². The molecular weight excluding hydrogens is 1430 g/mol. The number of benzene rings is 6. The van der Waals surface area contributed by atoms with Gasteiger partial charge in [-0.15, -0.1) is 12.4 Å². The van der Waals surface area contributed by atoms with Gasteiger partial charge in [0.15, 0.2) is 0 Å². The summed E-state index contributed by atoms with van der Waals surface area (Å²) in [6, 6.07) is 35.7. The molecule has 6 aromatic rings. The molecule has 6 saturated carbocycles. The third-order valence-electron chi connectivity index (χ3n) is 19.5. The number of carboxylic acids is 3. The van der Waals surface area contributed by atoms with E-state index in [9.17, 15) is 90.2 Å². The first kappa shape index (κ1) is 92.0. The minimum atomic E-state index is -1.19. The number of ether oxygens (including phenoxy) is 5. The third-order valence-corrected chi connectivity index (χ3v) is 19.5. The van der Waals surface area contributed by atoms with Crippen molar-refractivity contribution >= 4 is 60.2 Å². The van der Waals surface area contributed by atoms with E-state index in [0.29, 0.717) is 79.7 Å². The SMILES string of the molecule is CCOC(=O)[C@@H]1C[C@@]1(COC(C)=O)c1cccc(F)c1.CCOC(=O)[C@H]1C[C@@]1(COC(C)=O)c1cccc(F)c1.Cl.O=C(O)[C@H]1C[C@@]1(CO)c1cccc(F)c1.O=C([O-])[C@@H]1C[C@@]1(CO)c1cccc(F)c1.O=C([O-])[C@H]1C[C@@]1(CO)c1cccc(F)c1.O=C1OC[C@@]2(c3cccc(F)c3)C[C@@H]12.[Na+].[Na+].[Na+].[OH-]. The Kier molecular flexibility index (Phi) is 34.6. The van der Waals surface area contributed by atoms with E-state index < -0.39 is 92.1 Å². The summed E-state index contributed by atoms with van der Waals surface area (Å²) in [6.45, 7) is 6.36. The Bertz CT molecular complexity index is 3730. The van der Waals surface area contributed by atoms with E-state index in [0.717, 1.165) is 12.0 Å². The number of aliphatic hydroxyl groups is 3. The molecule has 104 heavy (non-hydrogen) atoms. The van der Waals surface area contributed by atoms with Gasteiger partial charge in [0.2, 0.25) is 0 Å². The molecule has 0 aromatic heterocycles. The summed E-state index contributed by atoms with van der Waals surface area (Å²) in [6.07, 6.45) is 2.83. The molecule has 7 fully saturated rings. The van der Waals surface area contributed by atoms with Crippen LogP contribution in [0.25, 0.3) is 0 Å². The largest absolute Gasteiger partial charge is 1.00 e. The molecule has 0 radical (unpaired) electrons. The number of carbonyl (C=O) groups excluding carboxylic acids is 7. The molecule has 30 heteroatoms. The summed E-state index contributed by atoms with van der Waals surface area (Å²) in [5.74, 6) is -10.00. The Labute approximate surface area is 668 Å². The number of aliphatic carboxylic acids is 3. The van der Waals surface area contributed by atoms with Gasteiger partial charge in [-0.25, -0.2) is 26.3 Å². The molecule has 5 N–H and O–H groups in total. The average molecular weight is 1500 g/mol. The Morgan fingerprint density at radius 2 is 0.712 bits per heavy atom. The smallest absolute Gasteiger partial charge is 0.870 e. The van der Waals surface area contributed by atoms with Crippen LogP contribution < -0.4 is 98.9 Å². The topological polar surface area (TPSA) is 340 Å². The third kappa shape index (κ3) is 21.3. The predicted octanol–water partition coefficient (Wildman–Crippen LogP) is -1.87. The second-order valence-electron chi connectivity index (χ2n) is 25.7. The number of halogens is 7. The fraction of sp³-hybridized carbons (Fsp3) is 0.405. The van der Waals surface area contributed by atoms with Crippen molar-refractivity contribution < 1.29 is 213 Å². The molecular formula is C74H76ClF6Na3O20. The second-order valence-corrected chi connectivity index (χ2v) is 25.7. The first-order valence-electron chi connectivity index (χ1n) is 31.8. The number of cyclic esters (lactones) is 1. The maximum Gasteiger partial charge on any atom is 1.00 e. The van der Waals surface area contributed by atoms with E-state index >= 15 is 0 Å². The summed E-state index contributed by atoms with van der Waals surface area (Å²) in [4.78, 5) is 89.1. The molecule has 1 saturated heterocycles. The normalized spacial score (nSPS) is 26.3. The summed E-state index contributed by atoms with van der Waals surface area (Å²) >= 11 is 0. The zero-order valence-electron chi connectivity index (χ0n) is 58.3. The van der Waals surface area contributed by atoms with Crippen LogP contribution in [0.2, 0.25) is 0 Å². The minimum absolute atomic E-state index is 0. The van der Waals surface area contributed by atoms with Crippen LogP contribution in [-0.2, 0) is 94.5 Å². The number of carboxylic acid groups (broad SMARTS) is 3. The van der Waals surface area contributed by atoms with Crippen molar-refractivity contribution in [1.29, 1.82) is 0 Å². The molecule has 6 aromatic carbocycles. The molecule has 0 bridgehead atoms. The van der Waals surface area contributed by atoms with Gasteiger partial charge >= 0.3 is 124 Å². The van der Waals surface area contributed by atoms with Crippen LogP contribution >= 0.6 is 12.4 Å². The van der Waals surface area contributed by atoms with E-state index in [-0.39, 0.29) is 198 Å². The van der Waals surface area contributed by atoms with Gasteiger partial charge in [-0.3, -0.25) is 28.8 Å². The number of hydrogen-bond acceptors (Lipinski definition) is 19. The first-order valence-corrected chi connectivity index (χ1v) is 31.8. The quantitative estimate of drug-likeness (QED) is 0.0281. The standard InChI is InChI=1S/2C15H17FO4.3C11H11FO3.C11H9FO2.ClH.3Na.H2O/c2*1-3-19-14(18)13-8-15(13,9-20-10(2)17)11-5-4-6-12(16)7-11;3*12-8-3-1-2-7(4-8)11(6-13)5-9(11)10(14)15;12-8-3-1-2-7(4-8)11-5-9(11)10(13)14-6-11;;;;;/h2*4-7,13H,3,8-9H2,1-2H3;3*1-4,9,13H,5-6H2,(H,14,15);1-4,9H,5-6H2;1H;;;;1H2/q;;;;;;;3*+1;/p-3/t13-,15+;13-,15-;9-,11+;2*9-,11-;9-,11+;;;;;/m010110...../s1. The van der Waals surface area contributed by atoms with Gasteiger partial charge in [-0.2, -0.15) is 0 Å². The molecule has 12 atom stereocenters. The van der Waals surface area contributed by atoms with Crippen LogP contribution in [0.3, 0.4) is 0 Å². The molecule has 1 aliphatic heterocycles. The van der Waals surface area contributed by atoms with E-state index in [4.69, 9.17) is 28.8 Å². The van der Waals surface area contributed by atoms with Gasteiger partial charge in [0, 0.05) is 70.1 Å². The zero-order valence-corrected chi connectivity index (χ0v) is 65.1. The summed E-state index contributed by atoms with van der Waals surface area (Å²) < 4.78 is 104. The van der Waals surface area contributed by atoms with Crippen LogP contribution in [0, 0.1) is 70.4 Å². The summed E-state index contributed by atoms with van der Waals surface area (Å²) in [5, 5.41) is 57.9. The molecule has 0 spiro atoms. The number of hydrogen-bond donors (Lipinski definition) is 4. The predicted molar refractivity (Wildman–Crippen MR) is 343 cm³/mol. The molecule has 1 heterocycles. The Morgan fingerprint density at radius 1 is 0.442 bits per heavy atom. The van der Waals surface area contributed by atoms with Crippen molar-refractivity contribution in [1.82, 2.24) is 0 Å². The monoisotopic (exact) mass is 1500 g/mol. The van der Waals surface area contributed by atoms with Crippen LogP contribution in [0.1, 0.15) is 99.6 Å². The molecule has 6 aliphatic carbocycles. The van der Waals surface area contributed by atoms with E-state index in [2.05, 4.69) is 0 Å². The minimum Gasteiger partial charge on any atom is -0.870 e. The number of rotatable bonds is 20. The molecule has 0 unspecified atom stereocenters. The van der Waals surface area contributed by atoms with Gasteiger partial charge < -0.3 is 69.4 Å². The molecule has 0 amide bonds. The number of aliphatic hydroxyl groups excluding tert-OH is 3. The van der Waals surface area contributed by atoms with Crippen molar-refractivity contribution in [3.8, 4) is 0 Å². The Hall–Kier alpha value is -6.21. The zero-order chi connectivity index (χ0) is 72.4. The van der Waals surface area contributed by atoms with Gasteiger partial charge in [-0.1, -0.05) is 72.8 Å². The summed E-state index contributed by atoms with van der Waals surface area (Å²) in [5.41, 5.74) is -0.0903. The number of fused-ring (bicyclic) bond motifs is 1. The maximum atomic E-state index is 13.4. The first-order chi connectivity index (χ1) is 47.0. The van der Waals surface area contributed by atoms with Crippen molar-refractivity contribution in [3.05, 3.63) is 214 Å². The van der Waals surface area contributed by atoms with Gasteiger partial charge in [0.25, 0.3) is 0 Å². The maximum absolute atomic E-state index is 13.4. The molecule has 7 aliphatic rings. The number of esters is 5. The number of carbonyl (C=O) groups is 8. The van der Waals surface area contributed by atoms with E-state index in [1.165, 1.54) is 105 Å². The molecule has 13 rings (SSSR count). The van der Waals surface area contributed by atoms with Crippen molar-refractivity contribution in [2.45, 2.75) is 98.7 Å². The second kappa shape index (κ2) is 39.1. The van der Waals surface area contributed by atoms with Gasteiger partial charge in [0.05, 0.1) is 56.7 Å². The van der Waals surface area contributed by atoms with Crippen LogP contribution in [-0.4, -0.2) is 127 Å². The average Bonchev–Trinajstić information content (AvgIpc) is 1.55.